The Morgan fingerprint density at radius 3 is 2.35 bits per heavy atom. The van der Waals surface area contributed by atoms with Crippen molar-refractivity contribution in [1.29, 1.82) is 0 Å². The molecule has 0 saturated heterocycles. The van der Waals surface area contributed by atoms with Gasteiger partial charge in [-0.1, -0.05) is 17.7 Å². The predicted molar refractivity (Wildman–Crippen MR) is 96.8 cm³/mol. The summed E-state index contributed by atoms with van der Waals surface area (Å²) in [5.74, 6) is -0.315. The van der Waals surface area contributed by atoms with Crippen molar-refractivity contribution in [3.05, 3.63) is 53.3 Å². The summed E-state index contributed by atoms with van der Waals surface area (Å²) in [6.45, 7) is 6.88. The Morgan fingerprint density at radius 1 is 1.09 bits per heavy atom. The topological polar surface area (TPSA) is 18.8 Å². The molecule has 2 aromatic rings. The molecule has 23 heavy (non-hydrogen) atoms. The molecule has 0 bridgehead atoms. The number of rotatable bonds is 5. The fourth-order valence-corrected chi connectivity index (χ4v) is 2.27. The van der Waals surface area contributed by atoms with Crippen molar-refractivity contribution in [3.63, 3.8) is 0 Å². The smallest absolute Gasteiger partial charge is 0.150 e. The van der Waals surface area contributed by atoms with E-state index in [4.69, 9.17) is 0 Å². The minimum absolute atomic E-state index is 0.315. The summed E-state index contributed by atoms with van der Waals surface area (Å²) in [6.07, 6.45) is 1.65. The number of anilines is 2. The summed E-state index contributed by atoms with van der Waals surface area (Å²) in [5.41, 5.74) is 4.42. The molecule has 0 aliphatic carbocycles. The third kappa shape index (κ3) is 4.09. The average Bonchev–Trinajstić information content (AvgIpc) is 2.55. The lowest BCUT2D eigenvalue weighted by atomic mass is 10.1. The van der Waals surface area contributed by atoms with Gasteiger partial charge in [0.1, 0.15) is 5.69 Å². The Kier molecular flexibility index (Phi) is 5.37. The molecule has 122 valence electrons. The molecule has 4 heteroatoms. The van der Waals surface area contributed by atoms with E-state index < -0.39 is 0 Å². The van der Waals surface area contributed by atoms with Crippen molar-refractivity contribution < 1.29 is 4.39 Å². The Bertz CT molecular complexity index is 693. The SMILES string of the molecule is CCN(C)/C=N/c1cc(C)c(N(C)c2ccc(C)cc2)cc1F. The van der Waals surface area contributed by atoms with Crippen molar-refractivity contribution in [1.82, 2.24) is 4.90 Å². The molecule has 0 aliphatic heterocycles. The van der Waals surface area contributed by atoms with E-state index >= 15 is 0 Å². The van der Waals surface area contributed by atoms with E-state index in [9.17, 15) is 4.39 Å². The molecule has 0 radical (unpaired) electrons. The van der Waals surface area contributed by atoms with Crippen LogP contribution in [0.5, 0.6) is 0 Å². The van der Waals surface area contributed by atoms with E-state index in [1.54, 1.807) is 18.5 Å². The number of hydrogen-bond donors (Lipinski definition) is 0. The van der Waals surface area contributed by atoms with E-state index in [0.29, 0.717) is 5.69 Å². The second-order valence-electron chi connectivity index (χ2n) is 5.80. The molecule has 0 N–H and O–H groups in total. The highest BCUT2D eigenvalue weighted by atomic mass is 19.1. The lowest BCUT2D eigenvalue weighted by Gasteiger charge is -2.22. The molecule has 0 fully saturated rings. The number of halogens is 1. The molecule has 3 nitrogen and oxygen atoms in total. The van der Waals surface area contributed by atoms with Crippen LogP contribution in [-0.2, 0) is 0 Å². The molecule has 0 unspecified atom stereocenters. The Balaban J connectivity index is 2.32. The Hall–Kier alpha value is -2.36. The van der Waals surface area contributed by atoms with Gasteiger partial charge in [-0.2, -0.15) is 0 Å². The first kappa shape index (κ1) is 17.0. The van der Waals surface area contributed by atoms with Gasteiger partial charge in [0.05, 0.1) is 6.34 Å². The van der Waals surface area contributed by atoms with Crippen LogP contribution in [0, 0.1) is 19.7 Å². The third-order valence-corrected chi connectivity index (χ3v) is 3.94. The number of nitrogens with zero attached hydrogens (tertiary/aromatic N) is 3. The number of benzene rings is 2. The summed E-state index contributed by atoms with van der Waals surface area (Å²) in [7, 11) is 3.86. The highest BCUT2D eigenvalue weighted by molar-refractivity contribution is 5.70. The van der Waals surface area contributed by atoms with E-state index in [1.165, 1.54) is 5.56 Å². The number of aliphatic imine (C=N–C) groups is 1. The molecule has 0 aliphatic rings. The zero-order valence-electron chi connectivity index (χ0n) is 14.5. The number of hydrogen-bond acceptors (Lipinski definition) is 2. The quantitative estimate of drug-likeness (QED) is 0.582. The van der Waals surface area contributed by atoms with Gasteiger partial charge in [-0.05, 0) is 44.5 Å². The largest absolute Gasteiger partial charge is 0.366 e. The second-order valence-corrected chi connectivity index (χ2v) is 5.80. The van der Waals surface area contributed by atoms with Crippen LogP contribution in [-0.4, -0.2) is 31.9 Å². The normalized spacial score (nSPS) is 11.0. The number of aryl methyl sites for hydroxylation is 2. The first-order chi connectivity index (χ1) is 10.9. The molecule has 0 spiro atoms. The summed E-state index contributed by atoms with van der Waals surface area (Å²) in [6, 6.07) is 11.5. The van der Waals surface area contributed by atoms with Crippen LogP contribution in [0.1, 0.15) is 18.1 Å². The summed E-state index contributed by atoms with van der Waals surface area (Å²) < 4.78 is 14.4. The lowest BCUT2D eigenvalue weighted by molar-refractivity contribution is 0.551. The zero-order chi connectivity index (χ0) is 17.0. The molecule has 0 atom stereocenters. The standard InChI is InChI=1S/C19H24FN3/c1-6-22(4)13-21-18-11-15(3)19(12-17(18)20)23(5)16-9-7-14(2)8-10-16/h7-13H,6H2,1-5H3/b21-13+. The van der Waals surface area contributed by atoms with Gasteiger partial charge in [-0.3, -0.25) is 0 Å². The van der Waals surface area contributed by atoms with Crippen molar-refractivity contribution in [2.75, 3.05) is 25.5 Å². The highest BCUT2D eigenvalue weighted by Gasteiger charge is 2.11. The van der Waals surface area contributed by atoms with E-state index in [0.717, 1.165) is 23.5 Å². The fraction of sp³-hybridized carbons (Fsp3) is 0.316. The van der Waals surface area contributed by atoms with Gasteiger partial charge in [-0.25, -0.2) is 9.38 Å². The molecule has 2 rings (SSSR count). The predicted octanol–water partition coefficient (Wildman–Crippen LogP) is 4.82. The van der Waals surface area contributed by atoms with Crippen molar-refractivity contribution in [2.45, 2.75) is 20.8 Å². The van der Waals surface area contributed by atoms with Crippen LogP contribution in [0.4, 0.5) is 21.5 Å². The van der Waals surface area contributed by atoms with Crippen molar-refractivity contribution in [3.8, 4) is 0 Å². The molecule has 0 saturated carbocycles. The summed E-state index contributed by atoms with van der Waals surface area (Å²) in [4.78, 5) is 8.12. The highest BCUT2D eigenvalue weighted by Crippen LogP contribution is 2.31. The van der Waals surface area contributed by atoms with Crippen LogP contribution in [0.3, 0.4) is 0 Å². The maximum Gasteiger partial charge on any atom is 0.150 e. The third-order valence-electron chi connectivity index (χ3n) is 3.94. The van der Waals surface area contributed by atoms with Crippen molar-refractivity contribution in [2.24, 2.45) is 4.99 Å². The van der Waals surface area contributed by atoms with Gasteiger partial charge in [0.25, 0.3) is 0 Å². The van der Waals surface area contributed by atoms with E-state index in [1.807, 2.05) is 49.9 Å². The van der Waals surface area contributed by atoms with Crippen LogP contribution in [0.2, 0.25) is 0 Å². The fourth-order valence-electron chi connectivity index (χ4n) is 2.27. The molecule has 0 heterocycles. The Morgan fingerprint density at radius 2 is 1.74 bits per heavy atom. The van der Waals surface area contributed by atoms with E-state index in [-0.39, 0.29) is 5.82 Å². The van der Waals surface area contributed by atoms with Gasteiger partial charge in [0.2, 0.25) is 0 Å². The van der Waals surface area contributed by atoms with E-state index in [2.05, 4.69) is 24.0 Å². The van der Waals surface area contributed by atoms with Crippen LogP contribution in [0.25, 0.3) is 0 Å². The van der Waals surface area contributed by atoms with Gasteiger partial charge < -0.3 is 9.80 Å². The maximum absolute atomic E-state index is 14.4. The summed E-state index contributed by atoms with van der Waals surface area (Å²) >= 11 is 0. The van der Waals surface area contributed by atoms with Crippen molar-refractivity contribution >= 4 is 23.4 Å². The molecular weight excluding hydrogens is 289 g/mol. The second kappa shape index (κ2) is 7.27. The summed E-state index contributed by atoms with van der Waals surface area (Å²) in [5, 5.41) is 0. The van der Waals surface area contributed by atoms with Gasteiger partial charge in [0.15, 0.2) is 5.82 Å². The van der Waals surface area contributed by atoms with Crippen LogP contribution < -0.4 is 4.90 Å². The molecule has 2 aromatic carbocycles. The first-order valence-electron chi connectivity index (χ1n) is 7.77. The first-order valence-corrected chi connectivity index (χ1v) is 7.77. The Labute approximate surface area is 138 Å². The van der Waals surface area contributed by atoms with Gasteiger partial charge in [-0.15, -0.1) is 0 Å². The average molecular weight is 313 g/mol. The molecule has 0 amide bonds. The zero-order valence-corrected chi connectivity index (χ0v) is 14.5. The molecular formula is C19H24FN3. The monoisotopic (exact) mass is 313 g/mol. The van der Waals surface area contributed by atoms with Gasteiger partial charge in [0, 0.05) is 38.1 Å². The lowest BCUT2D eigenvalue weighted by Crippen LogP contribution is -2.14. The molecule has 0 aromatic heterocycles. The van der Waals surface area contributed by atoms with Crippen LogP contribution in [0.15, 0.2) is 41.4 Å². The van der Waals surface area contributed by atoms with Crippen LogP contribution >= 0.6 is 0 Å². The minimum atomic E-state index is -0.315. The minimum Gasteiger partial charge on any atom is -0.366 e. The van der Waals surface area contributed by atoms with Gasteiger partial charge >= 0.3 is 0 Å². The maximum atomic E-state index is 14.4.